The highest BCUT2D eigenvalue weighted by Crippen LogP contribution is 2.35. The molecule has 0 amide bonds. The van der Waals surface area contributed by atoms with Gasteiger partial charge in [-0.15, -0.1) is 0 Å². The Labute approximate surface area is 94.1 Å². The third-order valence-corrected chi connectivity index (χ3v) is 3.42. The molecule has 3 heteroatoms. The molecule has 1 N–H and O–H groups in total. The van der Waals surface area contributed by atoms with Crippen LogP contribution >= 0.6 is 0 Å². The van der Waals surface area contributed by atoms with E-state index in [0.717, 1.165) is 31.2 Å². The summed E-state index contributed by atoms with van der Waals surface area (Å²) >= 11 is 0. The number of aliphatic carboxylic acids is 1. The molecule has 0 saturated heterocycles. The van der Waals surface area contributed by atoms with Crippen LogP contribution < -0.4 is 0 Å². The molecular formula is C13H15FO2. The summed E-state index contributed by atoms with van der Waals surface area (Å²) in [5, 5.41) is 8.88. The first-order chi connectivity index (χ1) is 7.66. The summed E-state index contributed by atoms with van der Waals surface area (Å²) in [4.78, 5) is 10.8. The quantitative estimate of drug-likeness (QED) is 0.834. The maximum atomic E-state index is 12.7. The zero-order chi connectivity index (χ0) is 11.5. The van der Waals surface area contributed by atoms with Gasteiger partial charge in [0.2, 0.25) is 0 Å². The van der Waals surface area contributed by atoms with Gasteiger partial charge in [-0.2, -0.15) is 0 Å². The number of halogens is 1. The van der Waals surface area contributed by atoms with Crippen LogP contribution in [-0.2, 0) is 4.79 Å². The fourth-order valence-corrected chi connectivity index (χ4v) is 2.41. The number of carbonyl (C=O) groups is 1. The highest BCUT2D eigenvalue weighted by Gasteiger charge is 2.26. The summed E-state index contributed by atoms with van der Waals surface area (Å²) in [5.41, 5.74) is 1.13. The van der Waals surface area contributed by atoms with Crippen LogP contribution in [0.5, 0.6) is 0 Å². The summed E-state index contributed by atoms with van der Waals surface area (Å²) in [6, 6.07) is 6.55. The van der Waals surface area contributed by atoms with Crippen molar-refractivity contribution in [2.45, 2.75) is 31.6 Å². The summed E-state index contributed by atoms with van der Waals surface area (Å²) in [6.45, 7) is 0. The standard InChI is InChI=1S/C13H15FO2/c14-12-7-5-10(6-8-12)9-1-3-11(4-2-9)13(15)16/h5-9,11H,1-4H2,(H,15,16)/t9-,11+. The normalized spacial score (nSPS) is 25.3. The van der Waals surface area contributed by atoms with Crippen molar-refractivity contribution in [3.05, 3.63) is 35.6 Å². The minimum atomic E-state index is -0.683. The molecule has 1 fully saturated rings. The van der Waals surface area contributed by atoms with E-state index in [2.05, 4.69) is 0 Å². The average Bonchev–Trinajstić information content (AvgIpc) is 2.30. The van der Waals surface area contributed by atoms with Gasteiger partial charge >= 0.3 is 5.97 Å². The van der Waals surface area contributed by atoms with Crippen LogP contribution in [0.4, 0.5) is 4.39 Å². The van der Waals surface area contributed by atoms with Gasteiger partial charge in [-0.3, -0.25) is 4.79 Å². The predicted octanol–water partition coefficient (Wildman–Crippen LogP) is 3.18. The first-order valence-electron chi connectivity index (χ1n) is 5.65. The van der Waals surface area contributed by atoms with Crippen LogP contribution in [0.25, 0.3) is 0 Å². The van der Waals surface area contributed by atoms with Gasteiger partial charge in [0.05, 0.1) is 5.92 Å². The van der Waals surface area contributed by atoms with E-state index in [-0.39, 0.29) is 11.7 Å². The van der Waals surface area contributed by atoms with Crippen molar-refractivity contribution >= 4 is 5.97 Å². The van der Waals surface area contributed by atoms with Gasteiger partial charge in [0.15, 0.2) is 0 Å². The Morgan fingerprint density at radius 1 is 1.12 bits per heavy atom. The Kier molecular flexibility index (Phi) is 3.22. The lowest BCUT2D eigenvalue weighted by molar-refractivity contribution is -0.142. The largest absolute Gasteiger partial charge is 0.481 e. The van der Waals surface area contributed by atoms with E-state index in [1.54, 1.807) is 12.1 Å². The zero-order valence-electron chi connectivity index (χ0n) is 9.03. The molecule has 0 aromatic heterocycles. The lowest BCUT2D eigenvalue weighted by Gasteiger charge is -2.26. The van der Waals surface area contributed by atoms with Crippen molar-refractivity contribution < 1.29 is 14.3 Å². The SMILES string of the molecule is O=C(O)[C@H]1CC[C@@H](c2ccc(F)cc2)CC1. The molecule has 86 valence electrons. The molecule has 0 radical (unpaired) electrons. The second-order valence-corrected chi connectivity index (χ2v) is 4.44. The van der Waals surface area contributed by atoms with Gasteiger partial charge in [0.25, 0.3) is 0 Å². The maximum Gasteiger partial charge on any atom is 0.306 e. The van der Waals surface area contributed by atoms with E-state index < -0.39 is 5.97 Å². The molecule has 0 aliphatic heterocycles. The fourth-order valence-electron chi connectivity index (χ4n) is 2.41. The predicted molar refractivity (Wildman–Crippen MR) is 58.7 cm³/mol. The van der Waals surface area contributed by atoms with Crippen LogP contribution in [0.2, 0.25) is 0 Å². The molecule has 1 aliphatic rings. The summed E-state index contributed by atoms with van der Waals surface area (Å²) in [7, 11) is 0. The van der Waals surface area contributed by atoms with Crippen LogP contribution in [-0.4, -0.2) is 11.1 Å². The number of hydrogen-bond acceptors (Lipinski definition) is 1. The van der Waals surface area contributed by atoms with E-state index in [1.807, 2.05) is 0 Å². The highest BCUT2D eigenvalue weighted by atomic mass is 19.1. The van der Waals surface area contributed by atoms with Crippen molar-refractivity contribution in [3.63, 3.8) is 0 Å². The number of hydrogen-bond donors (Lipinski definition) is 1. The Hall–Kier alpha value is -1.38. The zero-order valence-corrected chi connectivity index (χ0v) is 9.03. The van der Waals surface area contributed by atoms with Gasteiger partial charge in [0.1, 0.15) is 5.82 Å². The molecule has 0 unspecified atom stereocenters. The first-order valence-corrected chi connectivity index (χ1v) is 5.65. The van der Waals surface area contributed by atoms with Crippen LogP contribution in [0, 0.1) is 11.7 Å². The van der Waals surface area contributed by atoms with E-state index in [1.165, 1.54) is 12.1 Å². The van der Waals surface area contributed by atoms with Crippen LogP contribution in [0.15, 0.2) is 24.3 Å². The first kappa shape index (κ1) is 11.1. The van der Waals surface area contributed by atoms with Gasteiger partial charge in [-0.05, 0) is 49.3 Å². The molecule has 1 aromatic carbocycles. The molecule has 0 bridgehead atoms. The highest BCUT2D eigenvalue weighted by molar-refractivity contribution is 5.70. The summed E-state index contributed by atoms with van der Waals surface area (Å²) in [6.07, 6.45) is 3.25. The number of carboxylic acid groups (broad SMARTS) is 1. The molecule has 2 nitrogen and oxygen atoms in total. The second-order valence-electron chi connectivity index (χ2n) is 4.44. The molecule has 0 heterocycles. The van der Waals surface area contributed by atoms with Crippen LogP contribution in [0.3, 0.4) is 0 Å². The summed E-state index contributed by atoms with van der Waals surface area (Å²) in [5.74, 6) is -0.687. The number of carboxylic acids is 1. The third kappa shape index (κ3) is 2.40. The molecule has 1 saturated carbocycles. The van der Waals surface area contributed by atoms with Gasteiger partial charge in [0, 0.05) is 0 Å². The van der Waals surface area contributed by atoms with Crippen molar-refractivity contribution in [3.8, 4) is 0 Å². The number of rotatable bonds is 2. The van der Waals surface area contributed by atoms with Crippen molar-refractivity contribution in [2.24, 2.45) is 5.92 Å². The van der Waals surface area contributed by atoms with E-state index in [4.69, 9.17) is 5.11 Å². The van der Waals surface area contributed by atoms with E-state index in [9.17, 15) is 9.18 Å². The lowest BCUT2D eigenvalue weighted by Crippen LogP contribution is -2.20. The topological polar surface area (TPSA) is 37.3 Å². The fraction of sp³-hybridized carbons (Fsp3) is 0.462. The molecule has 2 rings (SSSR count). The van der Waals surface area contributed by atoms with Crippen molar-refractivity contribution in [2.75, 3.05) is 0 Å². The molecule has 0 atom stereocenters. The smallest absolute Gasteiger partial charge is 0.306 e. The molecule has 1 aromatic rings. The Bertz CT molecular complexity index is 364. The summed E-state index contributed by atoms with van der Waals surface area (Å²) < 4.78 is 12.7. The maximum absolute atomic E-state index is 12.7. The lowest BCUT2D eigenvalue weighted by atomic mass is 9.79. The van der Waals surface area contributed by atoms with Crippen molar-refractivity contribution in [1.82, 2.24) is 0 Å². The van der Waals surface area contributed by atoms with Gasteiger partial charge in [-0.1, -0.05) is 12.1 Å². The Balaban J connectivity index is 1.99. The number of benzene rings is 1. The van der Waals surface area contributed by atoms with E-state index >= 15 is 0 Å². The Morgan fingerprint density at radius 3 is 2.19 bits per heavy atom. The molecular weight excluding hydrogens is 207 g/mol. The van der Waals surface area contributed by atoms with Gasteiger partial charge in [-0.25, -0.2) is 4.39 Å². The average molecular weight is 222 g/mol. The minimum Gasteiger partial charge on any atom is -0.481 e. The van der Waals surface area contributed by atoms with Crippen LogP contribution in [0.1, 0.15) is 37.2 Å². The van der Waals surface area contributed by atoms with Gasteiger partial charge < -0.3 is 5.11 Å². The Morgan fingerprint density at radius 2 is 1.69 bits per heavy atom. The van der Waals surface area contributed by atoms with Crippen molar-refractivity contribution in [1.29, 1.82) is 0 Å². The minimum absolute atomic E-state index is 0.184. The second kappa shape index (κ2) is 4.64. The van der Waals surface area contributed by atoms with E-state index in [0.29, 0.717) is 5.92 Å². The molecule has 16 heavy (non-hydrogen) atoms. The third-order valence-electron chi connectivity index (χ3n) is 3.42. The molecule has 0 spiro atoms. The molecule has 1 aliphatic carbocycles. The monoisotopic (exact) mass is 222 g/mol.